The van der Waals surface area contributed by atoms with Crippen LogP contribution in [0.15, 0.2) is 48.5 Å². The van der Waals surface area contributed by atoms with E-state index in [4.69, 9.17) is 14.7 Å². The highest BCUT2D eigenvalue weighted by molar-refractivity contribution is 5.93. The van der Waals surface area contributed by atoms with Crippen LogP contribution in [0.5, 0.6) is 11.5 Å². The van der Waals surface area contributed by atoms with Crippen LogP contribution in [0.1, 0.15) is 5.56 Å². The van der Waals surface area contributed by atoms with E-state index in [0.717, 1.165) is 26.2 Å². The van der Waals surface area contributed by atoms with Gasteiger partial charge in [-0.25, -0.2) is 0 Å². The van der Waals surface area contributed by atoms with Crippen LogP contribution in [0.25, 0.3) is 0 Å². The Morgan fingerprint density at radius 1 is 1.10 bits per heavy atom. The highest BCUT2D eigenvalue weighted by Gasteiger charge is 2.21. The first-order valence-corrected chi connectivity index (χ1v) is 10.3. The van der Waals surface area contributed by atoms with Gasteiger partial charge >= 0.3 is 0 Å². The van der Waals surface area contributed by atoms with Crippen molar-refractivity contribution in [1.29, 1.82) is 5.26 Å². The lowest BCUT2D eigenvalue weighted by Gasteiger charge is -2.35. The molecule has 0 spiro atoms. The summed E-state index contributed by atoms with van der Waals surface area (Å²) in [4.78, 5) is 16.6. The van der Waals surface area contributed by atoms with Crippen LogP contribution in [0, 0.1) is 11.3 Å². The first kappa shape index (κ1) is 22.6. The van der Waals surface area contributed by atoms with Gasteiger partial charge in [0.15, 0.2) is 11.5 Å². The Bertz CT molecular complexity index is 906. The molecule has 1 unspecified atom stereocenters. The summed E-state index contributed by atoms with van der Waals surface area (Å²) in [5.41, 5.74) is 0.983. The number of carbonyl (C=O) groups is 1. The summed E-state index contributed by atoms with van der Waals surface area (Å²) < 4.78 is 10.9. The summed E-state index contributed by atoms with van der Waals surface area (Å²) in [6.07, 6.45) is -0.623. The van der Waals surface area contributed by atoms with E-state index in [1.165, 1.54) is 0 Å². The lowest BCUT2D eigenvalue weighted by Crippen LogP contribution is -2.50. The van der Waals surface area contributed by atoms with Crippen molar-refractivity contribution in [2.75, 3.05) is 58.3 Å². The van der Waals surface area contributed by atoms with Crippen molar-refractivity contribution in [3.8, 4) is 17.6 Å². The van der Waals surface area contributed by atoms with E-state index in [0.29, 0.717) is 29.3 Å². The number of ether oxygens (including phenoxy) is 2. The third kappa shape index (κ3) is 6.69. The van der Waals surface area contributed by atoms with Crippen LogP contribution in [0.4, 0.5) is 5.69 Å². The molecule has 2 N–H and O–H groups in total. The summed E-state index contributed by atoms with van der Waals surface area (Å²) in [5.74, 6) is 1.11. The fourth-order valence-electron chi connectivity index (χ4n) is 3.49. The second kappa shape index (κ2) is 11.3. The molecule has 0 radical (unpaired) electrons. The molecule has 2 aromatic carbocycles. The molecule has 0 saturated carbocycles. The quantitative estimate of drug-likeness (QED) is 0.630. The molecule has 1 atom stereocenters. The fourth-order valence-corrected chi connectivity index (χ4v) is 3.49. The van der Waals surface area contributed by atoms with Gasteiger partial charge in [-0.05, 0) is 24.3 Å². The fraction of sp³-hybridized carbons (Fsp3) is 0.391. The topological polar surface area (TPSA) is 98.1 Å². The van der Waals surface area contributed by atoms with Gasteiger partial charge in [-0.2, -0.15) is 5.26 Å². The summed E-state index contributed by atoms with van der Waals surface area (Å²) in [6, 6.07) is 16.4. The van der Waals surface area contributed by atoms with Crippen LogP contribution in [0.2, 0.25) is 0 Å². The van der Waals surface area contributed by atoms with Gasteiger partial charge in [-0.15, -0.1) is 0 Å². The van der Waals surface area contributed by atoms with Crippen molar-refractivity contribution in [3.63, 3.8) is 0 Å². The monoisotopic (exact) mass is 424 g/mol. The molecule has 3 rings (SSSR count). The SMILES string of the molecule is COc1ccccc1OCC(O)CN1CCN(CC(=O)Nc2ccccc2C#N)CC1. The normalized spacial score (nSPS) is 15.6. The maximum absolute atomic E-state index is 12.3. The molecular weight excluding hydrogens is 396 g/mol. The number of benzene rings is 2. The summed E-state index contributed by atoms with van der Waals surface area (Å²) in [7, 11) is 1.58. The highest BCUT2D eigenvalue weighted by atomic mass is 16.5. The lowest BCUT2D eigenvalue weighted by atomic mass is 10.2. The van der Waals surface area contributed by atoms with Crippen LogP contribution in [0.3, 0.4) is 0 Å². The Kier molecular flexibility index (Phi) is 8.24. The van der Waals surface area contributed by atoms with Crippen molar-refractivity contribution in [2.24, 2.45) is 0 Å². The van der Waals surface area contributed by atoms with E-state index in [2.05, 4.69) is 21.2 Å². The van der Waals surface area contributed by atoms with Crippen molar-refractivity contribution in [1.82, 2.24) is 9.80 Å². The Morgan fingerprint density at radius 2 is 1.74 bits per heavy atom. The van der Waals surface area contributed by atoms with E-state index in [-0.39, 0.29) is 19.1 Å². The van der Waals surface area contributed by atoms with Crippen molar-refractivity contribution >= 4 is 11.6 Å². The Balaban J connectivity index is 1.38. The average molecular weight is 425 g/mol. The van der Waals surface area contributed by atoms with E-state index in [9.17, 15) is 9.90 Å². The summed E-state index contributed by atoms with van der Waals surface area (Å²) in [5, 5.41) is 22.3. The van der Waals surface area contributed by atoms with Gasteiger partial charge in [-0.3, -0.25) is 14.6 Å². The number of rotatable bonds is 9. The predicted molar refractivity (Wildman–Crippen MR) is 117 cm³/mol. The summed E-state index contributed by atoms with van der Waals surface area (Å²) in [6.45, 7) is 3.93. The van der Waals surface area contributed by atoms with Crippen LogP contribution >= 0.6 is 0 Å². The first-order valence-electron chi connectivity index (χ1n) is 10.3. The minimum absolute atomic E-state index is 0.138. The van der Waals surface area contributed by atoms with Gasteiger partial charge in [0.1, 0.15) is 18.8 Å². The second-order valence-electron chi connectivity index (χ2n) is 7.40. The minimum atomic E-state index is -0.623. The highest BCUT2D eigenvalue weighted by Crippen LogP contribution is 2.25. The number of β-amino-alcohol motifs (C(OH)–C–C–N with tert-alkyl or cyclic N) is 1. The third-order valence-corrected chi connectivity index (χ3v) is 5.12. The van der Waals surface area contributed by atoms with Gasteiger partial charge in [0, 0.05) is 32.7 Å². The van der Waals surface area contributed by atoms with Crippen molar-refractivity contribution in [3.05, 3.63) is 54.1 Å². The molecule has 1 amide bonds. The number of anilines is 1. The van der Waals surface area contributed by atoms with Crippen LogP contribution < -0.4 is 14.8 Å². The Labute approximate surface area is 182 Å². The van der Waals surface area contributed by atoms with Crippen molar-refractivity contribution < 1.29 is 19.4 Å². The van der Waals surface area contributed by atoms with Crippen molar-refractivity contribution in [2.45, 2.75) is 6.10 Å². The molecular formula is C23H28N4O4. The molecule has 1 heterocycles. The zero-order chi connectivity index (χ0) is 22.1. The third-order valence-electron chi connectivity index (χ3n) is 5.12. The number of methoxy groups -OCH3 is 1. The Morgan fingerprint density at radius 3 is 2.45 bits per heavy atom. The molecule has 1 aliphatic heterocycles. The predicted octanol–water partition coefficient (Wildman–Crippen LogP) is 1.56. The Hall–Kier alpha value is -3.12. The number of hydrogen-bond acceptors (Lipinski definition) is 7. The number of nitriles is 1. The number of carbonyl (C=O) groups excluding carboxylic acids is 1. The standard InChI is InChI=1S/C23H28N4O4/c1-30-21-8-4-5-9-22(21)31-17-19(28)15-26-10-12-27(13-11-26)16-23(29)25-20-7-3-2-6-18(20)14-24/h2-9,19,28H,10-13,15-17H2,1H3,(H,25,29). The van der Waals surface area contributed by atoms with Gasteiger partial charge in [0.2, 0.25) is 5.91 Å². The number of para-hydroxylation sites is 3. The van der Waals surface area contributed by atoms with Gasteiger partial charge in [0.25, 0.3) is 0 Å². The number of piperazine rings is 1. The maximum atomic E-state index is 12.3. The molecule has 31 heavy (non-hydrogen) atoms. The van der Waals surface area contributed by atoms with E-state index in [1.807, 2.05) is 24.3 Å². The molecule has 2 aromatic rings. The maximum Gasteiger partial charge on any atom is 0.238 e. The average Bonchev–Trinajstić information content (AvgIpc) is 2.79. The lowest BCUT2D eigenvalue weighted by molar-refractivity contribution is -0.117. The molecule has 164 valence electrons. The van der Waals surface area contributed by atoms with Gasteiger partial charge < -0.3 is 19.9 Å². The molecule has 1 fully saturated rings. The largest absolute Gasteiger partial charge is 0.493 e. The molecule has 8 nitrogen and oxygen atoms in total. The number of hydrogen-bond donors (Lipinski definition) is 2. The minimum Gasteiger partial charge on any atom is -0.493 e. The molecule has 0 aliphatic carbocycles. The molecule has 8 heteroatoms. The number of nitrogens with one attached hydrogen (secondary N) is 1. The van der Waals surface area contributed by atoms with E-state index >= 15 is 0 Å². The van der Waals surface area contributed by atoms with Crippen LogP contribution in [-0.4, -0.2) is 79.9 Å². The number of aliphatic hydroxyl groups excluding tert-OH is 1. The number of amides is 1. The zero-order valence-corrected chi connectivity index (χ0v) is 17.7. The zero-order valence-electron chi connectivity index (χ0n) is 17.7. The number of nitrogens with zero attached hydrogens (tertiary/aromatic N) is 3. The smallest absolute Gasteiger partial charge is 0.238 e. The van der Waals surface area contributed by atoms with E-state index in [1.54, 1.807) is 31.4 Å². The molecule has 0 bridgehead atoms. The van der Waals surface area contributed by atoms with Crippen LogP contribution in [-0.2, 0) is 4.79 Å². The molecule has 1 saturated heterocycles. The second-order valence-corrected chi connectivity index (χ2v) is 7.40. The molecule has 0 aromatic heterocycles. The first-order chi connectivity index (χ1) is 15.1. The molecule has 1 aliphatic rings. The van der Waals surface area contributed by atoms with E-state index < -0.39 is 6.10 Å². The summed E-state index contributed by atoms with van der Waals surface area (Å²) >= 11 is 0. The number of aliphatic hydroxyl groups is 1. The van der Waals surface area contributed by atoms with Gasteiger partial charge in [0.05, 0.1) is 24.9 Å². The van der Waals surface area contributed by atoms with Gasteiger partial charge in [-0.1, -0.05) is 24.3 Å².